The first kappa shape index (κ1) is 26.3. The van der Waals surface area contributed by atoms with Gasteiger partial charge in [-0.2, -0.15) is 9.97 Å². The van der Waals surface area contributed by atoms with E-state index in [1.54, 1.807) is 6.07 Å². The highest BCUT2D eigenvalue weighted by Crippen LogP contribution is 2.31. The summed E-state index contributed by atoms with van der Waals surface area (Å²) in [6, 6.07) is 8.00. The summed E-state index contributed by atoms with van der Waals surface area (Å²) >= 11 is 0. The number of nitrogens with one attached hydrogen (secondary N) is 1. The number of halogens is 2. The van der Waals surface area contributed by atoms with Crippen molar-refractivity contribution >= 4 is 22.8 Å². The molecule has 0 radical (unpaired) electrons. The molecule has 2 aliphatic heterocycles. The van der Waals surface area contributed by atoms with Crippen molar-refractivity contribution in [1.29, 1.82) is 0 Å². The number of morpholine rings is 2. The summed E-state index contributed by atoms with van der Waals surface area (Å²) in [5, 5.41) is 3.46. The maximum atomic E-state index is 14.2. The van der Waals surface area contributed by atoms with Crippen LogP contribution in [0.1, 0.15) is 43.5 Å². The normalized spacial score (nSPS) is 23.0. The van der Waals surface area contributed by atoms with E-state index in [4.69, 9.17) is 19.4 Å². The van der Waals surface area contributed by atoms with E-state index in [0.29, 0.717) is 66.9 Å². The zero-order valence-electron chi connectivity index (χ0n) is 22.5. The Bertz CT molecular complexity index is 1270. The lowest BCUT2D eigenvalue weighted by atomic mass is 9.85. The smallest absolute Gasteiger partial charge is 0.296 e. The monoisotopic (exact) mass is 541 g/mol. The van der Waals surface area contributed by atoms with Crippen molar-refractivity contribution in [2.24, 2.45) is 5.92 Å². The molecule has 1 aromatic carbocycles. The average molecular weight is 542 g/mol. The van der Waals surface area contributed by atoms with Crippen LogP contribution in [0.4, 0.5) is 20.5 Å². The number of aromatic nitrogens is 4. The molecular formula is C28H37F2N7O2. The number of para-hydroxylation sites is 1. The van der Waals surface area contributed by atoms with E-state index < -0.39 is 6.43 Å². The molecule has 2 aromatic heterocycles. The summed E-state index contributed by atoms with van der Waals surface area (Å²) in [4.78, 5) is 18.6. The minimum Gasteiger partial charge on any atom is -0.379 e. The van der Waals surface area contributed by atoms with Crippen LogP contribution in [0, 0.1) is 12.8 Å². The van der Waals surface area contributed by atoms with Gasteiger partial charge in [0, 0.05) is 44.8 Å². The number of hydrogen-bond acceptors (Lipinski definition) is 8. The fraction of sp³-hybridized carbons (Fsp3) is 0.607. The number of fused-ring (bicyclic) bond motifs is 1. The van der Waals surface area contributed by atoms with Crippen molar-refractivity contribution < 1.29 is 18.3 Å². The van der Waals surface area contributed by atoms with Gasteiger partial charge in [0.15, 0.2) is 5.82 Å². The number of alkyl halides is 2. The first-order valence-corrected chi connectivity index (χ1v) is 14.1. The number of anilines is 2. The fourth-order valence-electron chi connectivity index (χ4n) is 6.11. The summed E-state index contributed by atoms with van der Waals surface area (Å²) in [5.41, 5.74) is 2.02. The lowest BCUT2D eigenvalue weighted by Gasteiger charge is -2.38. The third-order valence-electron chi connectivity index (χ3n) is 8.30. The molecule has 3 aromatic rings. The Labute approximate surface area is 227 Å². The van der Waals surface area contributed by atoms with E-state index in [1.165, 1.54) is 17.4 Å². The van der Waals surface area contributed by atoms with Gasteiger partial charge >= 0.3 is 0 Å². The van der Waals surface area contributed by atoms with Crippen LogP contribution in [0.25, 0.3) is 16.9 Å². The third-order valence-corrected chi connectivity index (χ3v) is 8.30. The molecule has 3 fully saturated rings. The van der Waals surface area contributed by atoms with Crippen molar-refractivity contribution in [1.82, 2.24) is 24.4 Å². The maximum Gasteiger partial charge on any atom is 0.296 e. The number of rotatable bonds is 7. The van der Waals surface area contributed by atoms with Crippen LogP contribution in [0.2, 0.25) is 0 Å². The molecule has 9 nitrogen and oxygen atoms in total. The van der Waals surface area contributed by atoms with E-state index in [2.05, 4.69) is 20.1 Å². The second kappa shape index (κ2) is 11.7. The Hall–Kier alpha value is -2.89. The molecule has 1 aliphatic carbocycles. The Morgan fingerprint density at radius 1 is 0.923 bits per heavy atom. The molecule has 0 bridgehead atoms. The zero-order valence-corrected chi connectivity index (χ0v) is 22.5. The van der Waals surface area contributed by atoms with Gasteiger partial charge in [0.25, 0.3) is 6.43 Å². The van der Waals surface area contributed by atoms with Gasteiger partial charge in [-0.25, -0.2) is 13.8 Å². The van der Waals surface area contributed by atoms with Gasteiger partial charge < -0.3 is 19.7 Å². The minimum atomic E-state index is -2.74. The molecule has 39 heavy (non-hydrogen) atoms. The maximum absolute atomic E-state index is 14.2. The average Bonchev–Trinajstić information content (AvgIpc) is 3.39. The van der Waals surface area contributed by atoms with Gasteiger partial charge in [-0.3, -0.25) is 9.47 Å². The molecule has 1 saturated carbocycles. The number of ether oxygens (including phenoxy) is 2. The minimum absolute atomic E-state index is 0.307. The molecule has 0 unspecified atom stereocenters. The van der Waals surface area contributed by atoms with E-state index >= 15 is 0 Å². The summed E-state index contributed by atoms with van der Waals surface area (Å²) in [6.07, 6.45) is 1.92. The first-order valence-electron chi connectivity index (χ1n) is 14.1. The van der Waals surface area contributed by atoms with Crippen molar-refractivity contribution in [2.45, 2.75) is 45.1 Å². The molecule has 0 amide bonds. The number of aryl methyl sites for hydroxylation is 1. The second-order valence-electron chi connectivity index (χ2n) is 10.8. The molecule has 11 heteroatoms. The number of benzene rings is 1. The van der Waals surface area contributed by atoms with Crippen LogP contribution in [0.3, 0.4) is 0 Å². The second-order valence-corrected chi connectivity index (χ2v) is 10.8. The van der Waals surface area contributed by atoms with Crippen LogP contribution in [0.15, 0.2) is 24.3 Å². The molecule has 1 N–H and O–H groups in total. The van der Waals surface area contributed by atoms with E-state index in [-0.39, 0.29) is 5.82 Å². The first-order chi connectivity index (χ1) is 19.1. The van der Waals surface area contributed by atoms with Crippen molar-refractivity contribution in [3.05, 3.63) is 35.7 Å². The van der Waals surface area contributed by atoms with Gasteiger partial charge in [0.2, 0.25) is 5.95 Å². The molecular weight excluding hydrogens is 504 g/mol. The Morgan fingerprint density at radius 2 is 1.62 bits per heavy atom. The van der Waals surface area contributed by atoms with Crippen LogP contribution >= 0.6 is 0 Å². The Morgan fingerprint density at radius 3 is 2.33 bits per heavy atom. The fourth-order valence-corrected chi connectivity index (χ4v) is 6.11. The number of imidazole rings is 1. The van der Waals surface area contributed by atoms with Crippen LogP contribution in [-0.2, 0) is 9.47 Å². The highest BCUT2D eigenvalue weighted by molar-refractivity contribution is 5.81. The standard InChI is InChI=1S/C28H37F2N7O2/c1-19-3-2-4-22-25(19)34-27(26(29)30)37(22)24-17-23(36-11-15-39-16-12-36)32-28(33-24)31-18-20-5-7-21(8-6-20)35-9-13-38-14-10-35/h2-4,17,20-21,26H,5-16,18H2,1H3,(H,31,32,33). The van der Waals surface area contributed by atoms with Crippen molar-refractivity contribution in [3.63, 3.8) is 0 Å². The van der Waals surface area contributed by atoms with Gasteiger partial charge in [-0.15, -0.1) is 0 Å². The lowest BCUT2D eigenvalue weighted by Crippen LogP contribution is -2.45. The number of hydrogen-bond donors (Lipinski definition) is 1. The van der Waals surface area contributed by atoms with E-state index in [9.17, 15) is 8.78 Å². The van der Waals surface area contributed by atoms with Gasteiger partial charge in [0.05, 0.1) is 37.5 Å². The SMILES string of the molecule is Cc1cccc2c1nc(C(F)F)n2-c1cc(N2CCOCC2)nc(NCC2CCC(N3CCOCC3)CC2)n1. The van der Waals surface area contributed by atoms with Crippen molar-refractivity contribution in [3.8, 4) is 5.82 Å². The predicted octanol–water partition coefficient (Wildman–Crippen LogP) is 4.20. The predicted molar refractivity (Wildman–Crippen MR) is 146 cm³/mol. The summed E-state index contributed by atoms with van der Waals surface area (Å²) in [6.45, 7) is 8.94. The lowest BCUT2D eigenvalue weighted by molar-refractivity contribution is 0.00539. The zero-order chi connectivity index (χ0) is 26.8. The van der Waals surface area contributed by atoms with Crippen LogP contribution in [-0.4, -0.2) is 89.6 Å². The third kappa shape index (κ3) is 5.71. The molecule has 4 heterocycles. The van der Waals surface area contributed by atoms with Gasteiger partial charge in [-0.1, -0.05) is 12.1 Å². The molecule has 2 saturated heterocycles. The Kier molecular flexibility index (Phi) is 7.90. The van der Waals surface area contributed by atoms with Crippen LogP contribution in [0.5, 0.6) is 0 Å². The largest absolute Gasteiger partial charge is 0.379 e. The molecule has 0 spiro atoms. The highest BCUT2D eigenvalue weighted by Gasteiger charge is 2.28. The summed E-state index contributed by atoms with van der Waals surface area (Å²) in [5.74, 6) is 1.78. The van der Waals surface area contributed by atoms with Crippen LogP contribution < -0.4 is 10.2 Å². The number of nitrogens with zero attached hydrogens (tertiary/aromatic N) is 6. The highest BCUT2D eigenvalue weighted by atomic mass is 19.3. The molecule has 210 valence electrons. The summed E-state index contributed by atoms with van der Waals surface area (Å²) < 4.78 is 41.0. The molecule has 6 rings (SSSR count). The van der Waals surface area contributed by atoms with E-state index in [0.717, 1.165) is 51.3 Å². The topological polar surface area (TPSA) is 80.6 Å². The molecule has 0 atom stereocenters. The van der Waals surface area contributed by atoms with E-state index in [1.807, 2.05) is 25.1 Å². The van der Waals surface area contributed by atoms with Gasteiger partial charge in [0.1, 0.15) is 11.6 Å². The molecule has 3 aliphatic rings. The quantitative estimate of drug-likeness (QED) is 0.477. The summed E-state index contributed by atoms with van der Waals surface area (Å²) in [7, 11) is 0. The van der Waals surface area contributed by atoms with Gasteiger partial charge in [-0.05, 0) is 50.2 Å². The van der Waals surface area contributed by atoms with Crippen molar-refractivity contribution in [2.75, 3.05) is 69.4 Å². The Balaban J connectivity index is 1.26.